The highest BCUT2D eigenvalue weighted by Gasteiger charge is 2.28. The molecule has 1 fully saturated rings. The summed E-state index contributed by atoms with van der Waals surface area (Å²) in [7, 11) is 0. The highest BCUT2D eigenvalue weighted by Crippen LogP contribution is 2.36. The van der Waals surface area contributed by atoms with Gasteiger partial charge in [0.15, 0.2) is 0 Å². The normalized spacial score (nSPS) is 19.6. The smallest absolute Gasteiger partial charge is 0.147 e. The van der Waals surface area contributed by atoms with Gasteiger partial charge in [0.1, 0.15) is 29.1 Å². The van der Waals surface area contributed by atoms with E-state index in [0.29, 0.717) is 0 Å². The van der Waals surface area contributed by atoms with Gasteiger partial charge in [0.05, 0.1) is 11.4 Å². The molecular weight excluding hydrogens is 272 g/mol. The van der Waals surface area contributed by atoms with Gasteiger partial charge in [-0.1, -0.05) is 0 Å². The van der Waals surface area contributed by atoms with Crippen LogP contribution < -0.4 is 4.90 Å². The zero-order valence-electron chi connectivity index (χ0n) is 10.9. The third-order valence-electron chi connectivity index (χ3n) is 3.76. The van der Waals surface area contributed by atoms with Gasteiger partial charge < -0.3 is 4.90 Å². The summed E-state index contributed by atoms with van der Waals surface area (Å²) >= 11 is 1.65. The third kappa shape index (κ3) is 1.85. The highest BCUT2D eigenvalue weighted by atomic mass is 32.1. The van der Waals surface area contributed by atoms with E-state index in [1.165, 1.54) is 12.8 Å². The van der Waals surface area contributed by atoms with Crippen LogP contribution in [0, 0.1) is 0 Å². The fourth-order valence-electron chi connectivity index (χ4n) is 2.85. The molecule has 0 saturated carbocycles. The van der Waals surface area contributed by atoms with E-state index >= 15 is 0 Å². The van der Waals surface area contributed by atoms with Crippen molar-refractivity contribution in [3.05, 3.63) is 29.9 Å². The number of nitrogens with one attached hydrogen (secondary N) is 1. The molecule has 1 atom stereocenters. The molecule has 4 heterocycles. The van der Waals surface area contributed by atoms with E-state index in [1.54, 1.807) is 24.0 Å². The lowest BCUT2D eigenvalue weighted by Gasteiger charge is -2.35. The van der Waals surface area contributed by atoms with Crippen LogP contribution in [0.3, 0.4) is 0 Å². The molecule has 20 heavy (non-hydrogen) atoms. The zero-order valence-corrected chi connectivity index (χ0v) is 11.7. The minimum atomic E-state index is 0.226. The Hall–Kier alpha value is -2.02. The number of fused-ring (bicyclic) bond motifs is 1. The average Bonchev–Trinajstić information content (AvgIpc) is 3.18. The second-order valence-electron chi connectivity index (χ2n) is 4.91. The van der Waals surface area contributed by atoms with Crippen LogP contribution in [-0.2, 0) is 0 Å². The van der Waals surface area contributed by atoms with Crippen molar-refractivity contribution in [2.45, 2.75) is 25.3 Å². The molecule has 0 radical (unpaired) electrons. The number of piperidine rings is 1. The molecule has 3 aromatic rings. The fraction of sp³-hybridized carbons (Fsp3) is 0.385. The Morgan fingerprint density at radius 1 is 1.20 bits per heavy atom. The van der Waals surface area contributed by atoms with Crippen molar-refractivity contribution in [3.8, 4) is 0 Å². The Balaban J connectivity index is 1.80. The summed E-state index contributed by atoms with van der Waals surface area (Å²) in [6.07, 6.45) is 6.69. The molecule has 7 heteroatoms. The molecule has 3 aromatic heterocycles. The van der Waals surface area contributed by atoms with Gasteiger partial charge in [-0.3, -0.25) is 5.10 Å². The lowest BCUT2D eigenvalue weighted by Crippen LogP contribution is -2.34. The lowest BCUT2D eigenvalue weighted by atomic mass is 10.0. The predicted octanol–water partition coefficient (Wildman–Crippen LogP) is 2.54. The maximum Gasteiger partial charge on any atom is 0.147 e. The maximum absolute atomic E-state index is 4.52. The molecule has 1 aliphatic heterocycles. The van der Waals surface area contributed by atoms with Crippen LogP contribution in [0.2, 0.25) is 0 Å². The number of hydrogen-bond acceptors (Lipinski definition) is 6. The number of anilines is 1. The Labute approximate surface area is 119 Å². The number of hydrogen-bond donors (Lipinski definition) is 1. The van der Waals surface area contributed by atoms with Gasteiger partial charge in [-0.2, -0.15) is 5.10 Å². The summed E-state index contributed by atoms with van der Waals surface area (Å²) in [5.41, 5.74) is 0. The van der Waals surface area contributed by atoms with E-state index in [1.807, 2.05) is 0 Å². The van der Waals surface area contributed by atoms with Crippen molar-refractivity contribution in [3.63, 3.8) is 0 Å². The molecule has 6 nitrogen and oxygen atoms in total. The van der Waals surface area contributed by atoms with Crippen LogP contribution in [0.25, 0.3) is 10.2 Å². The van der Waals surface area contributed by atoms with Crippen LogP contribution in [-0.4, -0.2) is 31.7 Å². The second-order valence-corrected chi connectivity index (χ2v) is 5.81. The topological polar surface area (TPSA) is 70.6 Å². The average molecular weight is 286 g/mol. The van der Waals surface area contributed by atoms with Crippen LogP contribution in [0.5, 0.6) is 0 Å². The third-order valence-corrected chi connectivity index (χ3v) is 4.59. The van der Waals surface area contributed by atoms with Crippen molar-refractivity contribution >= 4 is 27.4 Å². The van der Waals surface area contributed by atoms with Crippen molar-refractivity contribution in [1.29, 1.82) is 0 Å². The molecule has 1 N–H and O–H groups in total. The minimum Gasteiger partial charge on any atom is -0.346 e. The summed E-state index contributed by atoms with van der Waals surface area (Å²) < 4.78 is 0. The van der Waals surface area contributed by atoms with Gasteiger partial charge in [-0.15, -0.1) is 11.3 Å². The van der Waals surface area contributed by atoms with Crippen molar-refractivity contribution in [2.24, 2.45) is 0 Å². The first-order valence-electron chi connectivity index (χ1n) is 6.73. The quantitative estimate of drug-likeness (QED) is 0.784. The van der Waals surface area contributed by atoms with Gasteiger partial charge in [0.25, 0.3) is 0 Å². The molecule has 4 rings (SSSR count). The first-order chi connectivity index (χ1) is 9.93. The molecule has 0 amide bonds. The Morgan fingerprint density at radius 3 is 3.10 bits per heavy atom. The largest absolute Gasteiger partial charge is 0.346 e. The highest BCUT2D eigenvalue weighted by molar-refractivity contribution is 7.16. The number of H-pyrrole nitrogens is 1. The van der Waals surface area contributed by atoms with Crippen LogP contribution in [0.4, 0.5) is 5.82 Å². The molecule has 0 bridgehead atoms. The number of nitrogens with zero attached hydrogens (tertiary/aromatic N) is 5. The lowest BCUT2D eigenvalue weighted by molar-refractivity contribution is 0.455. The second kappa shape index (κ2) is 4.82. The number of thiophene rings is 1. The van der Waals surface area contributed by atoms with E-state index in [-0.39, 0.29) is 6.04 Å². The van der Waals surface area contributed by atoms with Gasteiger partial charge in [0.2, 0.25) is 0 Å². The number of aromatic amines is 1. The van der Waals surface area contributed by atoms with E-state index < -0.39 is 0 Å². The summed E-state index contributed by atoms with van der Waals surface area (Å²) in [4.78, 5) is 16.6. The van der Waals surface area contributed by atoms with Crippen LogP contribution >= 0.6 is 11.3 Å². The summed E-state index contributed by atoms with van der Waals surface area (Å²) in [6, 6.07) is 2.32. The molecule has 1 unspecified atom stereocenters. The maximum atomic E-state index is 4.52. The Kier molecular flexibility index (Phi) is 2.84. The molecule has 0 spiro atoms. The molecule has 0 aromatic carbocycles. The molecule has 0 aliphatic carbocycles. The molecule has 102 valence electrons. The van der Waals surface area contributed by atoms with Gasteiger partial charge >= 0.3 is 0 Å². The summed E-state index contributed by atoms with van der Waals surface area (Å²) in [5.74, 6) is 1.93. The van der Waals surface area contributed by atoms with Gasteiger partial charge in [0, 0.05) is 6.54 Å². The van der Waals surface area contributed by atoms with E-state index in [9.17, 15) is 0 Å². The molecular formula is C13H14N6S. The fourth-order valence-corrected chi connectivity index (χ4v) is 3.58. The Morgan fingerprint density at radius 2 is 2.20 bits per heavy atom. The standard InChI is InChI=1S/C13H14N6S/c1-2-5-19(10(3-1)11-14-8-17-18-11)12-9-4-6-20-13(9)16-7-15-12/h4,6-8,10H,1-3,5H2,(H,14,17,18). The first-order valence-corrected chi connectivity index (χ1v) is 7.61. The van der Waals surface area contributed by atoms with Crippen molar-refractivity contribution in [2.75, 3.05) is 11.4 Å². The molecule has 1 aliphatic rings. The van der Waals surface area contributed by atoms with Gasteiger partial charge in [-0.05, 0) is 30.7 Å². The zero-order chi connectivity index (χ0) is 13.4. The van der Waals surface area contributed by atoms with Crippen molar-refractivity contribution < 1.29 is 0 Å². The van der Waals surface area contributed by atoms with Crippen LogP contribution in [0.15, 0.2) is 24.1 Å². The van der Waals surface area contributed by atoms with E-state index in [2.05, 4.69) is 41.5 Å². The first kappa shape index (κ1) is 11.8. The summed E-state index contributed by atoms with van der Waals surface area (Å²) in [6.45, 7) is 0.993. The van der Waals surface area contributed by atoms with Gasteiger partial charge in [-0.25, -0.2) is 15.0 Å². The number of rotatable bonds is 2. The summed E-state index contributed by atoms with van der Waals surface area (Å²) in [5, 5.41) is 10.2. The van der Waals surface area contributed by atoms with Crippen LogP contribution in [0.1, 0.15) is 31.1 Å². The Bertz CT molecular complexity index is 707. The van der Waals surface area contributed by atoms with Crippen molar-refractivity contribution in [1.82, 2.24) is 25.1 Å². The minimum absolute atomic E-state index is 0.226. The predicted molar refractivity (Wildman–Crippen MR) is 77.7 cm³/mol. The number of aromatic nitrogens is 5. The van der Waals surface area contributed by atoms with E-state index in [0.717, 1.165) is 34.8 Å². The SMILES string of the molecule is c1n[nH]c(C2CCCCN2c2ncnc3sccc23)n1. The monoisotopic (exact) mass is 286 g/mol. The van der Waals surface area contributed by atoms with E-state index in [4.69, 9.17) is 0 Å². The molecule has 1 saturated heterocycles.